The molecule has 0 saturated carbocycles. The van der Waals surface area contributed by atoms with Crippen LogP contribution in [0.2, 0.25) is 30.1 Å². The maximum atomic E-state index is 13.5. The van der Waals surface area contributed by atoms with Crippen LogP contribution < -0.4 is 16.4 Å². The van der Waals surface area contributed by atoms with Gasteiger partial charge in [0.1, 0.15) is 25.3 Å². The Morgan fingerprint density at radius 2 is 0.921 bits per heavy atom. The Balaban J connectivity index is 0.000000214. The van der Waals surface area contributed by atoms with E-state index in [0.29, 0.717) is 75.9 Å². The summed E-state index contributed by atoms with van der Waals surface area (Å²) in [5.41, 5.74) is 8.00. The lowest BCUT2D eigenvalue weighted by molar-refractivity contribution is -0.152. The fourth-order valence-corrected chi connectivity index (χ4v) is 14.7. The first-order valence-corrected chi connectivity index (χ1v) is 36.6. The van der Waals surface area contributed by atoms with Gasteiger partial charge in [-0.1, -0.05) is 87.8 Å². The van der Waals surface area contributed by atoms with Gasteiger partial charge in [0.15, 0.2) is 5.11 Å². The summed E-state index contributed by atoms with van der Waals surface area (Å²) in [4.78, 5) is 116. The Labute approximate surface area is 625 Å². The van der Waals surface area contributed by atoms with E-state index in [-0.39, 0.29) is 98.2 Å². The smallest absolute Gasteiger partial charge is 0.329 e. The lowest BCUT2D eigenvalue weighted by Gasteiger charge is -2.47. The molecule has 558 valence electrons. The van der Waals surface area contributed by atoms with Crippen LogP contribution in [-0.2, 0) is 67.1 Å². The molecule has 0 spiro atoms. The number of piperazine rings is 3. The van der Waals surface area contributed by atoms with Gasteiger partial charge in [-0.15, -0.1) is 0 Å². The summed E-state index contributed by atoms with van der Waals surface area (Å²) in [6.07, 6.45) is 6.51. The molecule has 0 unspecified atom stereocenters. The summed E-state index contributed by atoms with van der Waals surface area (Å²) in [7, 11) is 5.94. The number of nitrogens with one attached hydrogen (secondary N) is 2. The van der Waals surface area contributed by atoms with Gasteiger partial charge in [-0.05, 0) is 164 Å². The number of rotatable bonds is 27. The number of esters is 1. The number of amides is 3. The maximum absolute atomic E-state index is 13.5. The van der Waals surface area contributed by atoms with Crippen LogP contribution >= 0.6 is 81.8 Å². The number of hydrogen-bond acceptors (Lipinski definition) is 18. The Kier molecular flexibility index (Phi) is 33.4. The minimum atomic E-state index is -1.34. The highest BCUT2D eigenvalue weighted by Crippen LogP contribution is 2.29. The summed E-state index contributed by atoms with van der Waals surface area (Å²) >= 11 is 41.7. The third kappa shape index (κ3) is 26.3. The van der Waals surface area contributed by atoms with Crippen molar-refractivity contribution in [1.29, 1.82) is 0 Å². The van der Waals surface area contributed by atoms with Crippen molar-refractivity contribution in [2.75, 3.05) is 146 Å². The highest BCUT2D eigenvalue weighted by atomic mass is 35.5. The summed E-state index contributed by atoms with van der Waals surface area (Å²) in [5, 5.41) is 44.2. The maximum Gasteiger partial charge on any atom is 0.329 e. The number of likely N-dealkylation sites (tertiary alicyclic amines) is 3. The van der Waals surface area contributed by atoms with Crippen LogP contribution in [-0.4, -0.2) is 311 Å². The Morgan fingerprint density at radius 3 is 1.33 bits per heavy atom. The molecular weight excluding hydrogens is 1450 g/mol. The van der Waals surface area contributed by atoms with Gasteiger partial charge >= 0.3 is 29.8 Å². The van der Waals surface area contributed by atoms with E-state index >= 15 is 0 Å². The Morgan fingerprint density at radius 1 is 0.505 bits per heavy atom. The second-order valence-electron chi connectivity index (χ2n) is 26.7. The lowest BCUT2D eigenvalue weighted by Crippen LogP contribution is -2.66. The molecule has 8 atom stereocenters. The topological polar surface area (TPSA) is 315 Å². The van der Waals surface area contributed by atoms with Gasteiger partial charge in [-0.3, -0.25) is 43.5 Å². The van der Waals surface area contributed by atoms with Crippen molar-refractivity contribution in [2.24, 2.45) is 5.73 Å². The molecule has 9 rings (SSSR count). The largest absolute Gasteiger partial charge is 0.481 e. The van der Waals surface area contributed by atoms with E-state index in [1.54, 1.807) is 48.5 Å². The predicted octanol–water partition coefficient (Wildman–Crippen LogP) is 5.27. The van der Waals surface area contributed by atoms with Gasteiger partial charge in [0.2, 0.25) is 17.7 Å². The highest BCUT2D eigenvalue weighted by molar-refractivity contribution is 7.80. The number of carboxylic acids is 4. The van der Waals surface area contributed by atoms with Crippen molar-refractivity contribution < 1.29 is 68.3 Å². The average Bonchev–Trinajstić information content (AvgIpc) is 1.66. The van der Waals surface area contributed by atoms with Crippen LogP contribution in [0.1, 0.15) is 68.1 Å². The molecule has 6 aliphatic heterocycles. The molecule has 6 heterocycles. The second kappa shape index (κ2) is 40.7. The van der Waals surface area contributed by atoms with Crippen molar-refractivity contribution in [3.8, 4) is 0 Å². The molecule has 3 amide bonds. The molecule has 101 heavy (non-hydrogen) atoms. The molecule has 0 aliphatic carbocycles. The molecular formula is C68H94Cl6N12O14S. The zero-order chi connectivity index (χ0) is 73.6. The quantitative estimate of drug-likeness (QED) is 0.0378. The van der Waals surface area contributed by atoms with E-state index in [2.05, 4.69) is 40.0 Å². The number of ether oxygens (including phenoxy) is 2. The molecule has 0 aromatic heterocycles. The number of likely N-dealkylation sites (N-methyl/N-ethyl adjacent to an activating group) is 3. The molecule has 3 aromatic carbocycles. The molecule has 6 fully saturated rings. The number of carboxylic acid groups (broad SMARTS) is 4. The van der Waals surface area contributed by atoms with Gasteiger partial charge in [0.25, 0.3) is 0 Å². The summed E-state index contributed by atoms with van der Waals surface area (Å²) in [5.74, 6) is -5.46. The van der Waals surface area contributed by atoms with Crippen LogP contribution in [0.25, 0.3) is 0 Å². The van der Waals surface area contributed by atoms with Gasteiger partial charge in [0, 0.05) is 71.5 Å². The Hall–Kier alpha value is -5.47. The number of carbonyl (C=O) groups excluding carboxylic acids is 4. The molecule has 26 nitrogen and oxygen atoms in total. The van der Waals surface area contributed by atoms with Gasteiger partial charge in [0.05, 0.1) is 99.1 Å². The molecule has 8 N–H and O–H groups in total. The third-order valence-electron chi connectivity index (χ3n) is 19.1. The van der Waals surface area contributed by atoms with Crippen molar-refractivity contribution >= 4 is 135 Å². The number of carbonyl (C=O) groups is 8. The van der Waals surface area contributed by atoms with Crippen molar-refractivity contribution in [3.63, 3.8) is 0 Å². The number of halogens is 6. The van der Waals surface area contributed by atoms with Gasteiger partial charge in [-0.2, -0.15) is 0 Å². The lowest BCUT2D eigenvalue weighted by atomic mass is 9.99. The van der Waals surface area contributed by atoms with E-state index in [0.717, 1.165) is 101 Å². The van der Waals surface area contributed by atoms with Crippen molar-refractivity contribution in [1.82, 2.24) is 54.7 Å². The highest BCUT2D eigenvalue weighted by Gasteiger charge is 2.41. The van der Waals surface area contributed by atoms with Crippen LogP contribution in [0, 0.1) is 0 Å². The number of thiocarbonyl (C=S) groups is 1. The van der Waals surface area contributed by atoms with Crippen LogP contribution in [0.3, 0.4) is 0 Å². The number of hydrogen-bond donors (Lipinski definition) is 7. The zero-order valence-electron chi connectivity index (χ0n) is 57.2. The molecule has 3 aromatic rings. The van der Waals surface area contributed by atoms with E-state index < -0.39 is 54.8 Å². The van der Waals surface area contributed by atoms with Crippen molar-refractivity contribution in [3.05, 3.63) is 101 Å². The number of benzene rings is 3. The first kappa shape index (κ1) is 82.8. The van der Waals surface area contributed by atoms with E-state index in [1.165, 1.54) is 12.8 Å². The Bertz CT molecular complexity index is 3340. The summed E-state index contributed by atoms with van der Waals surface area (Å²) in [6.45, 7) is 12.3. The molecule has 6 aliphatic rings. The van der Waals surface area contributed by atoms with E-state index in [9.17, 15) is 43.5 Å². The minimum absolute atomic E-state index is 0.000379. The fourth-order valence-electron chi connectivity index (χ4n) is 13.5. The second-order valence-corrected chi connectivity index (χ2v) is 29.5. The molecule has 33 heteroatoms. The SMILES string of the molecule is CN1CCN(C(=O)Cc2ccc(Cl)c(Cl)c2)[C@H](CN2CCCC2)[C@@H]1CNC(=S)N[C@@H](CC(=O)O)C(=O)O.CN1C[C@@H](CN2CCCC2)N(C(=O)Cc2ccc(Cl)c(Cl)c2)C[C@H]1COC(=O)[C@H](N)CC(=O)O.CN1C[C@@H](CN2CCCC2)N(C(=O)Cc2ccc(Cl)c(Cl)c2)C[C@H]1COCC(=O)O. The summed E-state index contributed by atoms with van der Waals surface area (Å²) < 4.78 is 10.6. The van der Waals surface area contributed by atoms with Crippen LogP contribution in [0.4, 0.5) is 0 Å². The van der Waals surface area contributed by atoms with Crippen LogP contribution in [0.5, 0.6) is 0 Å². The van der Waals surface area contributed by atoms with Crippen molar-refractivity contribution in [2.45, 2.75) is 119 Å². The minimum Gasteiger partial charge on any atom is -0.481 e. The van der Waals surface area contributed by atoms with Crippen LogP contribution in [0.15, 0.2) is 54.6 Å². The van der Waals surface area contributed by atoms with Gasteiger partial charge in [-0.25, -0.2) is 9.59 Å². The number of nitrogens with zero attached hydrogens (tertiary/aromatic N) is 9. The fraction of sp³-hybridized carbons (Fsp3) is 0.603. The normalized spacial score (nSPS) is 22.3. The standard InChI is InChI=1S/C24H33Cl2N5O5S.C23H32Cl2N4O5.C21H29Cl2N3O4/c1-29-8-9-31(21(32)11-15-4-5-16(25)17(26)10-15)20(14-30-6-2-3-7-30)19(29)13-27-24(37)28-18(23(35)36)12-22(33)34;1-27-11-16(12-28-6-2-3-7-28)29(21(30)9-15-4-5-18(24)19(25)8-15)13-17(27)14-34-23(33)20(26)10-22(31)32;1-24-10-16(11-25-6-2-3-7-25)26(12-17(24)13-30-14-21(28)29)20(27)9-15-4-5-18(22)19(23)8-15/h4-5,10,18-20H,2-3,6-9,11-14H2,1H3,(H,33,34)(H,35,36)(H2,27,28,37);4-5,8,16-17,20H,2-3,6-7,9-14,26H2,1H3,(H,31,32);4-5,8,16-17H,2-3,6-7,9-14H2,1H3,(H,28,29)/t18-,19-,20+;16-,17-,20+;16-,17-/m000/s1. The zero-order valence-corrected chi connectivity index (χ0v) is 62.5. The molecule has 6 saturated heterocycles. The summed E-state index contributed by atoms with van der Waals surface area (Å²) in [6, 6.07) is 12.7. The monoisotopic (exact) mass is 1540 g/mol. The number of aliphatic carboxylic acids is 4. The van der Waals surface area contributed by atoms with E-state index in [1.807, 2.05) is 41.9 Å². The third-order valence-corrected chi connectivity index (χ3v) is 21.6. The van der Waals surface area contributed by atoms with Gasteiger partial charge < -0.3 is 75.7 Å². The number of nitrogens with two attached hydrogens (primary N) is 1. The predicted molar refractivity (Wildman–Crippen MR) is 390 cm³/mol. The first-order valence-electron chi connectivity index (χ1n) is 33.9. The average molecular weight is 1550 g/mol. The first-order chi connectivity index (χ1) is 48.0. The molecule has 0 radical (unpaired) electrons. The molecule has 0 bridgehead atoms. The van der Waals surface area contributed by atoms with E-state index in [4.69, 9.17) is 112 Å².